The van der Waals surface area contributed by atoms with Crippen LogP contribution in [-0.4, -0.2) is 12.1 Å². The summed E-state index contributed by atoms with van der Waals surface area (Å²) in [6.45, 7) is 0. The lowest BCUT2D eigenvalue weighted by atomic mass is 10.1. The van der Waals surface area contributed by atoms with Gasteiger partial charge in [-0.1, -0.05) is 30.3 Å². The Bertz CT molecular complexity index is 314. The Morgan fingerprint density at radius 1 is 1.33 bits per heavy atom. The lowest BCUT2D eigenvalue weighted by Crippen LogP contribution is -1.82. The fourth-order valence-corrected chi connectivity index (χ4v) is 1.45. The number of carbonyl (C=O) groups excluding carboxylic acids is 1. The van der Waals surface area contributed by atoms with Gasteiger partial charge in [0, 0.05) is 5.92 Å². The van der Waals surface area contributed by atoms with E-state index in [-0.39, 0.29) is 6.04 Å². The highest BCUT2D eigenvalue weighted by molar-refractivity contribution is 5.37. The molecule has 1 aliphatic rings. The van der Waals surface area contributed by atoms with Crippen molar-refractivity contribution in [3.8, 4) is 0 Å². The normalized spacial score (nSPS) is 26.0. The minimum absolute atomic E-state index is 0.199. The predicted octanol–water partition coefficient (Wildman–Crippen LogP) is 1.88. The van der Waals surface area contributed by atoms with Gasteiger partial charge in [0.2, 0.25) is 6.08 Å². The first-order valence-electron chi connectivity index (χ1n) is 4.04. The van der Waals surface area contributed by atoms with Crippen molar-refractivity contribution in [1.82, 2.24) is 0 Å². The monoisotopic (exact) mass is 159 g/mol. The summed E-state index contributed by atoms with van der Waals surface area (Å²) >= 11 is 0. The van der Waals surface area contributed by atoms with Gasteiger partial charge in [-0.15, -0.1) is 0 Å². The summed E-state index contributed by atoms with van der Waals surface area (Å²) in [5.74, 6) is 0.465. The topological polar surface area (TPSA) is 29.4 Å². The molecule has 0 N–H and O–H groups in total. The maximum absolute atomic E-state index is 9.94. The van der Waals surface area contributed by atoms with Crippen LogP contribution in [0.15, 0.2) is 35.3 Å². The Hall–Kier alpha value is -1.40. The Balaban J connectivity index is 2.11. The molecule has 2 atom stereocenters. The number of hydrogen-bond donors (Lipinski definition) is 0. The lowest BCUT2D eigenvalue weighted by molar-refractivity contribution is 0.562. The van der Waals surface area contributed by atoms with Gasteiger partial charge in [-0.2, -0.15) is 0 Å². The van der Waals surface area contributed by atoms with Gasteiger partial charge in [0.15, 0.2) is 0 Å². The molecule has 0 heterocycles. The Kier molecular flexibility index (Phi) is 1.77. The zero-order chi connectivity index (χ0) is 8.39. The van der Waals surface area contributed by atoms with Crippen LogP contribution in [0, 0.1) is 0 Å². The molecule has 0 bridgehead atoms. The van der Waals surface area contributed by atoms with Crippen molar-refractivity contribution in [2.24, 2.45) is 4.99 Å². The third-order valence-corrected chi connectivity index (χ3v) is 2.20. The Morgan fingerprint density at radius 2 is 2.08 bits per heavy atom. The summed E-state index contributed by atoms with van der Waals surface area (Å²) in [6, 6.07) is 10.4. The van der Waals surface area contributed by atoms with Crippen LogP contribution in [-0.2, 0) is 4.79 Å². The SMILES string of the molecule is O=C=N[C@@H]1C[C@@H]1c1ccccc1. The van der Waals surface area contributed by atoms with Crippen LogP contribution in [0.3, 0.4) is 0 Å². The van der Waals surface area contributed by atoms with Crippen molar-refractivity contribution in [3.05, 3.63) is 35.9 Å². The van der Waals surface area contributed by atoms with Gasteiger partial charge in [-0.3, -0.25) is 0 Å². The van der Waals surface area contributed by atoms with Gasteiger partial charge in [-0.25, -0.2) is 9.79 Å². The second kappa shape index (κ2) is 2.92. The van der Waals surface area contributed by atoms with Crippen molar-refractivity contribution in [2.75, 3.05) is 0 Å². The molecule has 0 unspecified atom stereocenters. The van der Waals surface area contributed by atoms with Crippen LogP contribution in [0.5, 0.6) is 0 Å². The number of nitrogens with zero attached hydrogens (tertiary/aromatic N) is 1. The van der Waals surface area contributed by atoms with E-state index in [1.165, 1.54) is 5.56 Å². The molecule has 0 aromatic heterocycles. The first kappa shape index (κ1) is 7.26. The smallest absolute Gasteiger partial charge is 0.211 e. The molecule has 2 nitrogen and oxygen atoms in total. The molecule has 0 saturated heterocycles. The van der Waals surface area contributed by atoms with E-state index in [9.17, 15) is 4.79 Å². The average Bonchev–Trinajstić information content (AvgIpc) is 2.87. The van der Waals surface area contributed by atoms with Gasteiger partial charge in [0.25, 0.3) is 0 Å². The molecule has 1 aromatic rings. The molecular weight excluding hydrogens is 150 g/mol. The molecule has 0 aliphatic heterocycles. The lowest BCUT2D eigenvalue weighted by Gasteiger charge is -1.94. The van der Waals surface area contributed by atoms with Gasteiger partial charge in [-0.05, 0) is 12.0 Å². The number of benzene rings is 1. The van der Waals surface area contributed by atoms with E-state index in [0.717, 1.165) is 6.42 Å². The molecule has 0 radical (unpaired) electrons. The number of isocyanates is 1. The highest BCUT2D eigenvalue weighted by Gasteiger charge is 2.38. The first-order valence-corrected chi connectivity index (χ1v) is 4.04. The third kappa shape index (κ3) is 1.29. The van der Waals surface area contributed by atoms with Crippen molar-refractivity contribution >= 4 is 6.08 Å². The van der Waals surface area contributed by atoms with Crippen molar-refractivity contribution in [1.29, 1.82) is 0 Å². The third-order valence-electron chi connectivity index (χ3n) is 2.20. The van der Waals surface area contributed by atoms with E-state index in [4.69, 9.17) is 0 Å². The Morgan fingerprint density at radius 3 is 2.75 bits per heavy atom. The number of aliphatic imine (C=N–C) groups is 1. The summed E-state index contributed by atoms with van der Waals surface area (Å²) in [4.78, 5) is 13.6. The van der Waals surface area contributed by atoms with Crippen LogP contribution in [0.25, 0.3) is 0 Å². The predicted molar refractivity (Wildman–Crippen MR) is 45.7 cm³/mol. The van der Waals surface area contributed by atoms with Crippen LogP contribution >= 0.6 is 0 Å². The van der Waals surface area contributed by atoms with E-state index >= 15 is 0 Å². The van der Waals surface area contributed by atoms with E-state index in [1.807, 2.05) is 18.2 Å². The molecule has 60 valence electrons. The summed E-state index contributed by atoms with van der Waals surface area (Å²) in [6.07, 6.45) is 2.60. The minimum atomic E-state index is 0.199. The van der Waals surface area contributed by atoms with Crippen LogP contribution in [0.2, 0.25) is 0 Å². The summed E-state index contributed by atoms with van der Waals surface area (Å²) in [5.41, 5.74) is 1.28. The molecule has 1 fully saturated rings. The second-order valence-electron chi connectivity index (χ2n) is 3.04. The van der Waals surface area contributed by atoms with Crippen molar-refractivity contribution < 1.29 is 4.79 Å². The number of hydrogen-bond acceptors (Lipinski definition) is 2. The molecule has 0 amide bonds. The molecule has 2 heteroatoms. The molecule has 2 rings (SSSR count). The molecule has 1 aliphatic carbocycles. The van der Waals surface area contributed by atoms with Crippen molar-refractivity contribution in [2.45, 2.75) is 18.4 Å². The highest BCUT2D eigenvalue weighted by Crippen LogP contribution is 2.42. The molecular formula is C10H9NO. The largest absolute Gasteiger partial charge is 0.235 e. The van der Waals surface area contributed by atoms with E-state index in [2.05, 4.69) is 17.1 Å². The standard InChI is InChI=1S/C10H9NO/c12-7-11-10-6-9(10)8-4-2-1-3-5-8/h1-5,9-10H,6H2/t9-,10-/m1/s1. The molecule has 0 spiro atoms. The van der Waals surface area contributed by atoms with E-state index in [0.29, 0.717) is 5.92 Å². The average molecular weight is 159 g/mol. The van der Waals surface area contributed by atoms with Gasteiger partial charge >= 0.3 is 0 Å². The summed E-state index contributed by atoms with van der Waals surface area (Å²) < 4.78 is 0. The first-order chi connectivity index (χ1) is 5.92. The zero-order valence-electron chi connectivity index (χ0n) is 6.60. The van der Waals surface area contributed by atoms with Gasteiger partial charge < -0.3 is 0 Å². The summed E-state index contributed by atoms with van der Waals surface area (Å²) in [5, 5.41) is 0. The fourth-order valence-electron chi connectivity index (χ4n) is 1.45. The number of rotatable bonds is 2. The maximum Gasteiger partial charge on any atom is 0.235 e. The zero-order valence-corrected chi connectivity index (χ0v) is 6.60. The van der Waals surface area contributed by atoms with Gasteiger partial charge in [0.05, 0.1) is 6.04 Å². The van der Waals surface area contributed by atoms with E-state index < -0.39 is 0 Å². The quantitative estimate of drug-likeness (QED) is 0.478. The molecule has 1 aromatic carbocycles. The maximum atomic E-state index is 9.94. The second-order valence-corrected chi connectivity index (χ2v) is 3.04. The van der Waals surface area contributed by atoms with E-state index in [1.54, 1.807) is 6.08 Å². The van der Waals surface area contributed by atoms with Crippen molar-refractivity contribution in [3.63, 3.8) is 0 Å². The van der Waals surface area contributed by atoms with Crippen LogP contribution in [0.4, 0.5) is 0 Å². The minimum Gasteiger partial charge on any atom is -0.211 e. The van der Waals surface area contributed by atoms with Crippen LogP contribution in [0.1, 0.15) is 17.9 Å². The fraction of sp³-hybridized carbons (Fsp3) is 0.300. The van der Waals surface area contributed by atoms with Crippen LogP contribution < -0.4 is 0 Å². The van der Waals surface area contributed by atoms with Gasteiger partial charge in [0.1, 0.15) is 0 Å². The molecule has 12 heavy (non-hydrogen) atoms. The Labute approximate surface area is 70.9 Å². The highest BCUT2D eigenvalue weighted by atomic mass is 16.1. The summed E-state index contributed by atoms with van der Waals surface area (Å²) in [7, 11) is 0. The molecule has 1 saturated carbocycles.